The average Bonchev–Trinajstić information content (AvgIpc) is 2.96. The lowest BCUT2D eigenvalue weighted by Gasteiger charge is -2.02. The van der Waals surface area contributed by atoms with E-state index in [4.69, 9.17) is 11.6 Å². The SMILES string of the molecule is Cc1cccc(C(=O)Nc2ncc(Cc3ccc(Cl)cc3)s2)c1. The summed E-state index contributed by atoms with van der Waals surface area (Å²) >= 11 is 7.37. The van der Waals surface area contributed by atoms with Crippen molar-refractivity contribution in [2.75, 3.05) is 5.32 Å². The summed E-state index contributed by atoms with van der Waals surface area (Å²) in [6.45, 7) is 1.96. The van der Waals surface area contributed by atoms with Crippen LogP contribution in [-0.2, 0) is 6.42 Å². The van der Waals surface area contributed by atoms with Crippen LogP contribution < -0.4 is 5.32 Å². The summed E-state index contributed by atoms with van der Waals surface area (Å²) in [6.07, 6.45) is 2.57. The molecule has 3 nitrogen and oxygen atoms in total. The molecule has 1 amide bonds. The fourth-order valence-electron chi connectivity index (χ4n) is 2.21. The number of aromatic nitrogens is 1. The van der Waals surface area contributed by atoms with E-state index in [1.54, 1.807) is 12.3 Å². The molecule has 0 fully saturated rings. The van der Waals surface area contributed by atoms with Crippen LogP contribution in [0.25, 0.3) is 0 Å². The molecule has 0 aliphatic heterocycles. The van der Waals surface area contributed by atoms with E-state index in [0.717, 1.165) is 27.4 Å². The van der Waals surface area contributed by atoms with Crippen molar-refractivity contribution in [3.05, 3.63) is 81.3 Å². The van der Waals surface area contributed by atoms with Gasteiger partial charge in [-0.25, -0.2) is 4.98 Å². The van der Waals surface area contributed by atoms with E-state index in [0.29, 0.717) is 10.7 Å². The predicted octanol–water partition coefficient (Wildman–Crippen LogP) is 4.95. The Balaban J connectivity index is 1.67. The smallest absolute Gasteiger partial charge is 0.257 e. The summed E-state index contributed by atoms with van der Waals surface area (Å²) in [5.41, 5.74) is 2.86. The minimum atomic E-state index is -0.138. The molecule has 1 heterocycles. The Bertz CT molecular complexity index is 827. The van der Waals surface area contributed by atoms with Crippen LogP contribution in [0.2, 0.25) is 5.02 Å². The first-order valence-corrected chi connectivity index (χ1v) is 8.37. The van der Waals surface area contributed by atoms with Gasteiger partial charge in [0.05, 0.1) is 0 Å². The second kappa shape index (κ2) is 6.94. The normalized spacial score (nSPS) is 10.5. The second-order valence-corrected chi connectivity index (χ2v) is 6.81. The molecule has 116 valence electrons. The van der Waals surface area contributed by atoms with Crippen molar-refractivity contribution in [3.8, 4) is 0 Å². The number of halogens is 1. The minimum Gasteiger partial charge on any atom is -0.298 e. The molecule has 3 aromatic rings. The van der Waals surface area contributed by atoms with Crippen molar-refractivity contribution < 1.29 is 4.79 Å². The molecule has 0 unspecified atom stereocenters. The van der Waals surface area contributed by atoms with Crippen LogP contribution in [0.3, 0.4) is 0 Å². The summed E-state index contributed by atoms with van der Waals surface area (Å²) in [5, 5.41) is 4.19. The Morgan fingerprint density at radius 3 is 2.74 bits per heavy atom. The lowest BCUT2D eigenvalue weighted by molar-refractivity contribution is 0.102. The third-order valence-corrected chi connectivity index (χ3v) is 4.51. The van der Waals surface area contributed by atoms with Gasteiger partial charge in [-0.15, -0.1) is 11.3 Å². The van der Waals surface area contributed by atoms with Gasteiger partial charge in [-0.2, -0.15) is 0 Å². The molecule has 0 spiro atoms. The number of aryl methyl sites for hydroxylation is 1. The van der Waals surface area contributed by atoms with Crippen LogP contribution in [0.1, 0.15) is 26.4 Å². The molecule has 0 aliphatic carbocycles. The Labute approximate surface area is 144 Å². The molecule has 3 rings (SSSR count). The highest BCUT2D eigenvalue weighted by Gasteiger charge is 2.09. The summed E-state index contributed by atoms with van der Waals surface area (Å²) in [4.78, 5) is 17.6. The van der Waals surface area contributed by atoms with Crippen LogP contribution in [0.5, 0.6) is 0 Å². The van der Waals surface area contributed by atoms with Crippen molar-refractivity contribution in [1.82, 2.24) is 4.98 Å². The first kappa shape index (κ1) is 15.7. The molecule has 0 saturated heterocycles. The first-order chi connectivity index (χ1) is 11.1. The third-order valence-electron chi connectivity index (χ3n) is 3.35. The molecule has 2 aromatic carbocycles. The zero-order chi connectivity index (χ0) is 16.2. The lowest BCUT2D eigenvalue weighted by Crippen LogP contribution is -2.11. The Morgan fingerprint density at radius 2 is 2.00 bits per heavy atom. The molecule has 0 saturated carbocycles. The number of nitrogens with one attached hydrogen (secondary N) is 1. The fraction of sp³-hybridized carbons (Fsp3) is 0.111. The Kier molecular flexibility index (Phi) is 4.74. The largest absolute Gasteiger partial charge is 0.298 e. The summed E-state index contributed by atoms with van der Waals surface area (Å²) in [6, 6.07) is 15.2. The number of nitrogens with zero attached hydrogens (tertiary/aromatic N) is 1. The molecule has 0 bridgehead atoms. The standard InChI is InChI=1S/C18H15ClN2OS/c1-12-3-2-4-14(9-12)17(22)21-18-20-11-16(23-18)10-13-5-7-15(19)8-6-13/h2-9,11H,10H2,1H3,(H,20,21,22). The number of thiazole rings is 1. The molecule has 1 aromatic heterocycles. The molecule has 0 radical (unpaired) electrons. The summed E-state index contributed by atoms with van der Waals surface area (Å²) < 4.78 is 0. The molecular weight excluding hydrogens is 328 g/mol. The monoisotopic (exact) mass is 342 g/mol. The zero-order valence-corrected chi connectivity index (χ0v) is 14.1. The van der Waals surface area contributed by atoms with Crippen molar-refractivity contribution in [2.45, 2.75) is 13.3 Å². The van der Waals surface area contributed by atoms with E-state index < -0.39 is 0 Å². The van der Waals surface area contributed by atoms with E-state index in [1.165, 1.54) is 11.3 Å². The number of benzene rings is 2. The van der Waals surface area contributed by atoms with Gasteiger partial charge in [-0.05, 0) is 36.8 Å². The van der Waals surface area contributed by atoms with E-state index >= 15 is 0 Å². The van der Waals surface area contributed by atoms with Gasteiger partial charge >= 0.3 is 0 Å². The number of carbonyl (C=O) groups is 1. The van der Waals surface area contributed by atoms with Crippen molar-refractivity contribution in [3.63, 3.8) is 0 Å². The third kappa shape index (κ3) is 4.18. The number of rotatable bonds is 4. The molecule has 0 aliphatic rings. The maximum Gasteiger partial charge on any atom is 0.257 e. The number of carbonyl (C=O) groups excluding carboxylic acids is 1. The van der Waals surface area contributed by atoms with E-state index in [-0.39, 0.29) is 5.91 Å². The van der Waals surface area contributed by atoms with Crippen LogP contribution in [0, 0.1) is 6.92 Å². The zero-order valence-electron chi connectivity index (χ0n) is 12.5. The maximum absolute atomic E-state index is 12.2. The van der Waals surface area contributed by atoms with Gasteiger partial charge in [0.1, 0.15) is 0 Å². The van der Waals surface area contributed by atoms with Gasteiger partial charge in [-0.3, -0.25) is 10.1 Å². The van der Waals surface area contributed by atoms with Gasteiger partial charge in [0.15, 0.2) is 5.13 Å². The highest BCUT2D eigenvalue weighted by molar-refractivity contribution is 7.15. The molecule has 23 heavy (non-hydrogen) atoms. The summed E-state index contributed by atoms with van der Waals surface area (Å²) in [7, 11) is 0. The first-order valence-electron chi connectivity index (χ1n) is 7.17. The second-order valence-electron chi connectivity index (χ2n) is 5.26. The molecule has 1 N–H and O–H groups in total. The van der Waals surface area contributed by atoms with Crippen molar-refractivity contribution in [1.29, 1.82) is 0 Å². The van der Waals surface area contributed by atoms with Crippen LogP contribution >= 0.6 is 22.9 Å². The highest BCUT2D eigenvalue weighted by atomic mass is 35.5. The highest BCUT2D eigenvalue weighted by Crippen LogP contribution is 2.22. The predicted molar refractivity (Wildman–Crippen MR) is 95.5 cm³/mol. The number of hydrogen-bond donors (Lipinski definition) is 1. The van der Waals surface area contributed by atoms with Crippen LogP contribution in [-0.4, -0.2) is 10.9 Å². The maximum atomic E-state index is 12.2. The van der Waals surface area contributed by atoms with Gasteiger partial charge in [-0.1, -0.05) is 41.4 Å². The molecule has 5 heteroatoms. The van der Waals surface area contributed by atoms with Gasteiger partial charge in [0.2, 0.25) is 0 Å². The average molecular weight is 343 g/mol. The van der Waals surface area contributed by atoms with E-state index in [2.05, 4.69) is 10.3 Å². The van der Waals surface area contributed by atoms with Crippen molar-refractivity contribution >= 4 is 34.0 Å². The van der Waals surface area contributed by atoms with Crippen LogP contribution in [0.15, 0.2) is 54.7 Å². The molecular formula is C18H15ClN2OS. The van der Waals surface area contributed by atoms with Crippen LogP contribution in [0.4, 0.5) is 5.13 Å². The topological polar surface area (TPSA) is 42.0 Å². The Hall–Kier alpha value is -2.17. The number of hydrogen-bond acceptors (Lipinski definition) is 3. The minimum absolute atomic E-state index is 0.138. The lowest BCUT2D eigenvalue weighted by atomic mass is 10.1. The number of anilines is 1. The van der Waals surface area contributed by atoms with E-state index in [9.17, 15) is 4.79 Å². The Morgan fingerprint density at radius 1 is 1.22 bits per heavy atom. The quantitative estimate of drug-likeness (QED) is 0.729. The van der Waals surface area contributed by atoms with Gasteiger partial charge < -0.3 is 0 Å². The summed E-state index contributed by atoms with van der Waals surface area (Å²) in [5.74, 6) is -0.138. The van der Waals surface area contributed by atoms with Gasteiger partial charge in [0, 0.05) is 28.1 Å². The molecule has 0 atom stereocenters. The number of amides is 1. The van der Waals surface area contributed by atoms with E-state index in [1.807, 2.05) is 49.4 Å². The van der Waals surface area contributed by atoms with Gasteiger partial charge in [0.25, 0.3) is 5.91 Å². The fourth-order valence-corrected chi connectivity index (χ4v) is 3.17. The van der Waals surface area contributed by atoms with Crippen molar-refractivity contribution in [2.24, 2.45) is 0 Å².